The SMILES string of the molecule is CCNC(=O)[C@@H](C)N1CCN(S(=O)(=O)c2cc(Cl)ccc2Cl)CC1. The standard InChI is InChI=1S/C15H21Cl2N3O3S/c1-3-18-15(21)11(2)19-6-8-20(9-7-19)24(22,23)14-10-12(16)4-5-13(14)17/h4-5,10-11H,3,6-9H2,1-2H3,(H,18,21)/t11-/m1/s1. The molecule has 0 radical (unpaired) electrons. The van der Waals surface area contributed by atoms with Gasteiger partial charge >= 0.3 is 0 Å². The number of nitrogens with zero attached hydrogens (tertiary/aromatic N) is 2. The number of halogens is 2. The Balaban J connectivity index is 2.08. The van der Waals surface area contributed by atoms with Gasteiger partial charge in [0.2, 0.25) is 15.9 Å². The maximum Gasteiger partial charge on any atom is 0.244 e. The van der Waals surface area contributed by atoms with Gasteiger partial charge in [0.1, 0.15) is 4.90 Å². The number of amides is 1. The van der Waals surface area contributed by atoms with Crippen molar-refractivity contribution in [2.75, 3.05) is 32.7 Å². The Hall–Kier alpha value is -0.860. The maximum absolute atomic E-state index is 12.8. The highest BCUT2D eigenvalue weighted by Crippen LogP contribution is 2.28. The van der Waals surface area contributed by atoms with E-state index in [1.807, 2.05) is 18.7 Å². The number of piperazine rings is 1. The molecule has 0 aliphatic carbocycles. The second kappa shape index (κ2) is 8.01. The van der Waals surface area contributed by atoms with E-state index in [0.717, 1.165) is 0 Å². The van der Waals surface area contributed by atoms with Crippen molar-refractivity contribution in [3.05, 3.63) is 28.2 Å². The molecular formula is C15H21Cl2N3O3S. The number of sulfonamides is 1. The van der Waals surface area contributed by atoms with Gasteiger partial charge in [-0.3, -0.25) is 9.69 Å². The number of nitrogens with one attached hydrogen (secondary N) is 1. The first-order chi connectivity index (χ1) is 11.3. The third kappa shape index (κ3) is 4.21. The fraction of sp³-hybridized carbons (Fsp3) is 0.533. The van der Waals surface area contributed by atoms with E-state index in [1.54, 1.807) is 6.07 Å². The molecule has 0 aromatic heterocycles. The number of hydrogen-bond acceptors (Lipinski definition) is 4. The van der Waals surface area contributed by atoms with Gasteiger partial charge in [-0.25, -0.2) is 8.42 Å². The van der Waals surface area contributed by atoms with E-state index >= 15 is 0 Å². The van der Waals surface area contributed by atoms with Crippen molar-refractivity contribution in [2.24, 2.45) is 0 Å². The lowest BCUT2D eigenvalue weighted by molar-refractivity contribution is -0.126. The van der Waals surface area contributed by atoms with Crippen molar-refractivity contribution in [2.45, 2.75) is 24.8 Å². The van der Waals surface area contributed by atoms with E-state index in [1.165, 1.54) is 16.4 Å². The molecule has 1 N–H and O–H groups in total. The molecule has 0 spiro atoms. The highest BCUT2D eigenvalue weighted by atomic mass is 35.5. The van der Waals surface area contributed by atoms with E-state index in [9.17, 15) is 13.2 Å². The first kappa shape index (κ1) is 19.5. The molecule has 2 rings (SSSR count). The number of likely N-dealkylation sites (N-methyl/N-ethyl adjacent to an activating group) is 1. The van der Waals surface area contributed by atoms with Crippen molar-refractivity contribution in [1.82, 2.24) is 14.5 Å². The number of carbonyl (C=O) groups excluding carboxylic acids is 1. The van der Waals surface area contributed by atoms with Crippen LogP contribution < -0.4 is 5.32 Å². The van der Waals surface area contributed by atoms with Gasteiger partial charge in [0.25, 0.3) is 0 Å². The number of hydrogen-bond donors (Lipinski definition) is 1. The summed E-state index contributed by atoms with van der Waals surface area (Å²) in [4.78, 5) is 13.9. The average Bonchev–Trinajstić information content (AvgIpc) is 2.56. The third-order valence-electron chi connectivity index (χ3n) is 4.06. The van der Waals surface area contributed by atoms with Gasteiger partial charge in [-0.2, -0.15) is 4.31 Å². The molecule has 1 fully saturated rings. The zero-order chi connectivity index (χ0) is 17.9. The summed E-state index contributed by atoms with van der Waals surface area (Å²) < 4.78 is 26.9. The smallest absolute Gasteiger partial charge is 0.244 e. The zero-order valence-corrected chi connectivity index (χ0v) is 16.0. The van der Waals surface area contributed by atoms with Crippen LogP contribution in [0.15, 0.2) is 23.1 Å². The molecule has 1 amide bonds. The highest BCUT2D eigenvalue weighted by Gasteiger charge is 2.32. The normalized spacial score (nSPS) is 18.3. The Labute approximate surface area is 152 Å². The molecular weight excluding hydrogens is 373 g/mol. The molecule has 1 heterocycles. The van der Waals surface area contributed by atoms with E-state index < -0.39 is 10.0 Å². The van der Waals surface area contributed by atoms with Crippen LogP contribution in [-0.2, 0) is 14.8 Å². The molecule has 0 unspecified atom stereocenters. The second-order valence-corrected chi connectivity index (χ2v) is 8.34. The van der Waals surface area contributed by atoms with Gasteiger partial charge in [-0.1, -0.05) is 23.2 Å². The van der Waals surface area contributed by atoms with Crippen LogP contribution in [-0.4, -0.2) is 62.3 Å². The van der Waals surface area contributed by atoms with Crippen molar-refractivity contribution in [3.63, 3.8) is 0 Å². The molecule has 1 saturated heterocycles. The highest BCUT2D eigenvalue weighted by molar-refractivity contribution is 7.89. The van der Waals surface area contributed by atoms with Crippen LogP contribution in [0.4, 0.5) is 0 Å². The molecule has 1 aliphatic rings. The second-order valence-electron chi connectivity index (χ2n) is 5.59. The summed E-state index contributed by atoms with van der Waals surface area (Å²) in [6, 6.07) is 4.10. The summed E-state index contributed by atoms with van der Waals surface area (Å²) in [6.45, 7) is 5.83. The van der Waals surface area contributed by atoms with Gasteiger partial charge in [0.15, 0.2) is 0 Å². The Morgan fingerprint density at radius 3 is 2.46 bits per heavy atom. The summed E-state index contributed by atoms with van der Waals surface area (Å²) in [5.74, 6) is -0.0494. The number of benzene rings is 1. The minimum absolute atomic E-state index is 0.0156. The van der Waals surface area contributed by atoms with Crippen LogP contribution in [0.5, 0.6) is 0 Å². The summed E-state index contributed by atoms with van der Waals surface area (Å²) in [5.41, 5.74) is 0. The van der Waals surface area contributed by atoms with Gasteiger partial charge < -0.3 is 5.32 Å². The average molecular weight is 394 g/mol. The van der Waals surface area contributed by atoms with E-state index in [-0.39, 0.29) is 21.9 Å². The topological polar surface area (TPSA) is 69.7 Å². The number of rotatable bonds is 5. The predicted molar refractivity (Wildman–Crippen MR) is 94.9 cm³/mol. The van der Waals surface area contributed by atoms with Crippen molar-refractivity contribution in [3.8, 4) is 0 Å². The Kier molecular flexibility index (Phi) is 6.50. The minimum Gasteiger partial charge on any atom is -0.355 e. The molecule has 0 bridgehead atoms. The van der Waals surface area contributed by atoms with Crippen LogP contribution in [0.3, 0.4) is 0 Å². The lowest BCUT2D eigenvalue weighted by Crippen LogP contribution is -2.54. The molecule has 1 atom stereocenters. The maximum atomic E-state index is 12.8. The number of carbonyl (C=O) groups is 1. The molecule has 1 aromatic carbocycles. The van der Waals surface area contributed by atoms with Crippen LogP contribution in [0.25, 0.3) is 0 Å². The molecule has 0 saturated carbocycles. The molecule has 24 heavy (non-hydrogen) atoms. The largest absolute Gasteiger partial charge is 0.355 e. The molecule has 6 nitrogen and oxygen atoms in total. The molecule has 1 aromatic rings. The fourth-order valence-corrected chi connectivity index (χ4v) is 4.79. The van der Waals surface area contributed by atoms with Gasteiger partial charge in [0, 0.05) is 37.7 Å². The van der Waals surface area contributed by atoms with Gasteiger partial charge in [-0.15, -0.1) is 0 Å². The third-order valence-corrected chi connectivity index (χ3v) is 6.68. The first-order valence-corrected chi connectivity index (χ1v) is 9.94. The van der Waals surface area contributed by atoms with Gasteiger partial charge in [-0.05, 0) is 32.0 Å². The van der Waals surface area contributed by atoms with Crippen molar-refractivity contribution in [1.29, 1.82) is 0 Å². The summed E-state index contributed by atoms with van der Waals surface area (Å²) in [7, 11) is -3.71. The summed E-state index contributed by atoms with van der Waals surface area (Å²) >= 11 is 11.9. The van der Waals surface area contributed by atoms with Crippen LogP contribution in [0.1, 0.15) is 13.8 Å². The van der Waals surface area contributed by atoms with E-state index in [4.69, 9.17) is 23.2 Å². The Bertz CT molecular complexity index is 704. The van der Waals surface area contributed by atoms with Crippen molar-refractivity contribution < 1.29 is 13.2 Å². The van der Waals surface area contributed by atoms with Crippen molar-refractivity contribution >= 4 is 39.1 Å². The van der Waals surface area contributed by atoms with Gasteiger partial charge in [0.05, 0.1) is 11.1 Å². The minimum atomic E-state index is -3.71. The quantitative estimate of drug-likeness (QED) is 0.827. The lowest BCUT2D eigenvalue weighted by Gasteiger charge is -2.36. The summed E-state index contributed by atoms with van der Waals surface area (Å²) in [5, 5.41) is 3.25. The zero-order valence-electron chi connectivity index (χ0n) is 13.6. The van der Waals surface area contributed by atoms with E-state index in [2.05, 4.69) is 5.32 Å². The first-order valence-electron chi connectivity index (χ1n) is 7.74. The monoisotopic (exact) mass is 393 g/mol. The molecule has 134 valence electrons. The Morgan fingerprint density at radius 2 is 1.88 bits per heavy atom. The fourth-order valence-electron chi connectivity index (χ4n) is 2.63. The lowest BCUT2D eigenvalue weighted by atomic mass is 10.2. The Morgan fingerprint density at radius 1 is 1.25 bits per heavy atom. The molecule has 1 aliphatic heterocycles. The van der Waals surface area contributed by atoms with Crippen LogP contribution >= 0.6 is 23.2 Å². The molecule has 9 heteroatoms. The predicted octanol–water partition coefficient (Wildman–Crippen LogP) is 1.82. The van der Waals surface area contributed by atoms with Crippen LogP contribution in [0, 0.1) is 0 Å². The van der Waals surface area contributed by atoms with Crippen LogP contribution in [0.2, 0.25) is 10.0 Å². The van der Waals surface area contributed by atoms with E-state index in [0.29, 0.717) is 37.7 Å². The summed E-state index contributed by atoms with van der Waals surface area (Å²) in [6.07, 6.45) is 0.